The molecular formula is C39H76N8O11. The van der Waals surface area contributed by atoms with E-state index < -0.39 is 11.9 Å². The number of primary amides is 2. The molecule has 0 heterocycles. The van der Waals surface area contributed by atoms with E-state index >= 15 is 0 Å². The normalized spacial score (nSPS) is 12.2. The van der Waals surface area contributed by atoms with Gasteiger partial charge in [0.25, 0.3) is 0 Å². The molecule has 0 aliphatic heterocycles. The summed E-state index contributed by atoms with van der Waals surface area (Å²) >= 11 is 0. The highest BCUT2D eigenvalue weighted by atomic mass is 16.5. The second-order valence-electron chi connectivity index (χ2n) is 13.5. The van der Waals surface area contributed by atoms with Crippen LogP contribution in [0.2, 0.25) is 0 Å². The lowest BCUT2D eigenvalue weighted by atomic mass is 10.0. The summed E-state index contributed by atoms with van der Waals surface area (Å²) < 4.78 is 21.3. The average Bonchev–Trinajstić information content (AvgIpc) is 3.19. The van der Waals surface area contributed by atoms with Crippen molar-refractivity contribution < 1.29 is 52.5 Å². The van der Waals surface area contributed by atoms with Gasteiger partial charge in [0.2, 0.25) is 41.4 Å². The minimum absolute atomic E-state index is 0.0778. The summed E-state index contributed by atoms with van der Waals surface area (Å²) in [7, 11) is 0. The molecule has 0 saturated carbocycles. The molecule has 0 rings (SSSR count). The zero-order valence-corrected chi connectivity index (χ0v) is 35.6. The van der Waals surface area contributed by atoms with Gasteiger partial charge in [-0.05, 0) is 57.9 Å². The Balaban J connectivity index is 0. The van der Waals surface area contributed by atoms with Crippen LogP contribution < -0.4 is 43.8 Å². The molecule has 0 spiro atoms. The first-order chi connectivity index (χ1) is 27.9. The molecule has 0 fully saturated rings. The average molecular weight is 833 g/mol. The van der Waals surface area contributed by atoms with Crippen molar-refractivity contribution in [1.82, 2.24) is 26.6 Å². The van der Waals surface area contributed by atoms with Crippen LogP contribution in [0, 0.1) is 11.8 Å². The lowest BCUT2D eigenvalue weighted by Gasteiger charge is -2.18. The quantitative estimate of drug-likeness (QED) is 0.0379. The highest BCUT2D eigenvalue weighted by molar-refractivity contribution is 5.87. The van der Waals surface area contributed by atoms with Crippen molar-refractivity contribution in [3.05, 3.63) is 0 Å². The van der Waals surface area contributed by atoms with Crippen molar-refractivity contribution in [3.63, 3.8) is 0 Å². The summed E-state index contributed by atoms with van der Waals surface area (Å²) in [4.78, 5) is 82.7. The maximum absolute atomic E-state index is 12.4. The van der Waals surface area contributed by atoms with Crippen molar-refractivity contribution in [3.8, 4) is 0 Å². The minimum Gasteiger partial charge on any atom is -0.377 e. The monoisotopic (exact) mass is 833 g/mol. The molecule has 7 amide bonds. The van der Waals surface area contributed by atoms with Crippen molar-refractivity contribution in [2.45, 2.75) is 111 Å². The highest BCUT2D eigenvalue weighted by Crippen LogP contribution is 2.10. The molecule has 19 heteroatoms. The second kappa shape index (κ2) is 39.9. The van der Waals surface area contributed by atoms with Gasteiger partial charge < -0.3 is 62.7 Å². The van der Waals surface area contributed by atoms with Crippen LogP contribution in [0.5, 0.6) is 0 Å². The summed E-state index contributed by atoms with van der Waals surface area (Å²) in [5, 5.41) is 13.7. The summed E-state index contributed by atoms with van der Waals surface area (Å²) in [5.41, 5.74) is 16.1. The fourth-order valence-corrected chi connectivity index (χ4v) is 4.96. The van der Waals surface area contributed by atoms with Crippen LogP contribution in [0.25, 0.3) is 0 Å². The number of carbonyl (C=O) groups is 7. The molecule has 11 N–H and O–H groups in total. The molecule has 0 unspecified atom stereocenters. The number of hydrogen-bond acceptors (Lipinski definition) is 12. The Morgan fingerprint density at radius 2 is 0.914 bits per heavy atom. The Labute approximate surface area is 345 Å². The standard InChI is InChI=1S/C37H70N8O11.C2H6/c1-28(35(39)50)10-4-7-17-42-33(48)26-55-24-23-54-21-19-44-34(49)27-56-25-22-53-20-18-43-32(47)14-9-13-31(46)41-16-8-5-11-29(2)37(52)45-30(36(40)51)12-3-6-15-38;1-2/h28-30H,3-27,38H2,1-2H3,(H2,39,50)(H2,40,51)(H,41,46)(H,42,48)(H,43,47)(H,44,49)(H,45,52);1-2H3/t28-,29-,30-;/m0./s1. The third-order valence-corrected chi connectivity index (χ3v) is 8.47. The number of nitrogens with two attached hydrogens (primary N) is 3. The van der Waals surface area contributed by atoms with Crippen molar-refractivity contribution in [2.24, 2.45) is 29.0 Å². The molecule has 0 saturated heterocycles. The van der Waals surface area contributed by atoms with E-state index in [1.54, 1.807) is 13.8 Å². The van der Waals surface area contributed by atoms with Gasteiger partial charge in [0.1, 0.15) is 19.3 Å². The van der Waals surface area contributed by atoms with Crippen LogP contribution in [0.4, 0.5) is 0 Å². The number of carbonyl (C=O) groups excluding carboxylic acids is 7. The molecule has 0 radical (unpaired) electrons. The molecule has 0 aliphatic rings. The maximum atomic E-state index is 12.4. The first-order valence-electron chi connectivity index (χ1n) is 20.8. The Hall–Kier alpha value is -3.91. The fraction of sp³-hybridized carbons (Fsp3) is 0.821. The summed E-state index contributed by atoms with van der Waals surface area (Å²) in [6, 6.07) is -0.700. The van der Waals surface area contributed by atoms with Crippen molar-refractivity contribution in [1.29, 1.82) is 0 Å². The molecule has 0 aromatic heterocycles. The molecule has 0 aromatic rings. The zero-order valence-electron chi connectivity index (χ0n) is 35.6. The molecule has 0 aromatic carbocycles. The van der Waals surface area contributed by atoms with Gasteiger partial charge >= 0.3 is 0 Å². The Bertz CT molecular complexity index is 1130. The minimum atomic E-state index is -0.700. The Morgan fingerprint density at radius 3 is 1.40 bits per heavy atom. The first-order valence-corrected chi connectivity index (χ1v) is 20.8. The van der Waals surface area contributed by atoms with E-state index in [0.717, 1.165) is 25.7 Å². The molecule has 0 bridgehead atoms. The lowest BCUT2D eigenvalue weighted by molar-refractivity contribution is -0.129. The van der Waals surface area contributed by atoms with Crippen LogP contribution in [-0.4, -0.2) is 133 Å². The van der Waals surface area contributed by atoms with Gasteiger partial charge in [0.15, 0.2) is 0 Å². The van der Waals surface area contributed by atoms with Gasteiger partial charge in [-0.1, -0.05) is 40.5 Å². The number of ether oxygens (including phenoxy) is 4. The number of nitrogens with one attached hydrogen (secondary N) is 5. The van der Waals surface area contributed by atoms with Gasteiger partial charge in [-0.2, -0.15) is 0 Å². The third-order valence-electron chi connectivity index (χ3n) is 8.47. The maximum Gasteiger partial charge on any atom is 0.246 e. The molecule has 19 nitrogen and oxygen atoms in total. The van der Waals surface area contributed by atoms with Gasteiger partial charge in [-0.25, -0.2) is 0 Å². The number of hydrogen-bond donors (Lipinski definition) is 8. The fourth-order valence-electron chi connectivity index (χ4n) is 4.96. The predicted octanol–water partition coefficient (Wildman–Crippen LogP) is -0.0887. The predicted molar refractivity (Wildman–Crippen MR) is 220 cm³/mol. The third kappa shape index (κ3) is 36.4. The topological polar surface area (TPSA) is 295 Å². The number of amides is 7. The largest absolute Gasteiger partial charge is 0.377 e. The summed E-state index contributed by atoms with van der Waals surface area (Å²) in [6.45, 7) is 10.9. The molecule has 3 atom stereocenters. The second-order valence-corrected chi connectivity index (χ2v) is 13.5. The molecule has 338 valence electrons. The van der Waals surface area contributed by atoms with Crippen LogP contribution in [0.15, 0.2) is 0 Å². The Morgan fingerprint density at radius 1 is 0.483 bits per heavy atom. The molecule has 0 aliphatic carbocycles. The van der Waals surface area contributed by atoms with E-state index in [-0.39, 0.29) is 113 Å². The summed E-state index contributed by atoms with van der Waals surface area (Å²) in [5.74, 6) is -2.42. The van der Waals surface area contributed by atoms with Gasteiger partial charge in [0.05, 0.1) is 39.6 Å². The van der Waals surface area contributed by atoms with E-state index in [4.69, 9.17) is 36.1 Å². The highest BCUT2D eigenvalue weighted by Gasteiger charge is 2.21. The van der Waals surface area contributed by atoms with E-state index in [0.29, 0.717) is 71.2 Å². The smallest absolute Gasteiger partial charge is 0.246 e. The van der Waals surface area contributed by atoms with E-state index in [9.17, 15) is 33.6 Å². The van der Waals surface area contributed by atoms with Crippen molar-refractivity contribution >= 4 is 41.4 Å². The van der Waals surface area contributed by atoms with Crippen LogP contribution in [-0.2, 0) is 52.5 Å². The lowest BCUT2D eigenvalue weighted by Crippen LogP contribution is -2.46. The SMILES string of the molecule is CC.C[C@@H](CCCCNC(=O)COCCOCCNC(=O)COCCOCCNC(=O)CCCC(=O)NCCCC[C@H](C)C(=O)N[C@@H](CCCCN)C(N)=O)C(N)=O. The van der Waals surface area contributed by atoms with E-state index in [1.165, 1.54) is 0 Å². The summed E-state index contributed by atoms with van der Waals surface area (Å²) in [6.07, 6.45) is 7.02. The Kier molecular flexibility index (Phi) is 38.6. The van der Waals surface area contributed by atoms with Gasteiger partial charge in [0, 0.05) is 50.9 Å². The van der Waals surface area contributed by atoms with E-state index in [2.05, 4.69) is 26.6 Å². The first kappa shape index (κ1) is 56.2. The molecular weight excluding hydrogens is 756 g/mol. The van der Waals surface area contributed by atoms with Crippen LogP contribution >= 0.6 is 0 Å². The molecule has 58 heavy (non-hydrogen) atoms. The zero-order chi connectivity index (χ0) is 43.8. The van der Waals surface area contributed by atoms with Crippen LogP contribution in [0.1, 0.15) is 105 Å². The number of rotatable bonds is 38. The van der Waals surface area contributed by atoms with Crippen LogP contribution in [0.3, 0.4) is 0 Å². The van der Waals surface area contributed by atoms with Crippen molar-refractivity contribution in [2.75, 3.05) is 85.6 Å². The van der Waals surface area contributed by atoms with Gasteiger partial charge in [-0.3, -0.25) is 33.6 Å². The van der Waals surface area contributed by atoms with Gasteiger partial charge in [-0.15, -0.1) is 0 Å². The number of unbranched alkanes of at least 4 members (excludes halogenated alkanes) is 3. The van der Waals surface area contributed by atoms with E-state index in [1.807, 2.05) is 13.8 Å².